The summed E-state index contributed by atoms with van der Waals surface area (Å²) in [7, 11) is -3.97. The fourth-order valence-corrected chi connectivity index (χ4v) is 9.38. The number of carbonyl (C=O) groups excluding carboxylic acids is 1. The van der Waals surface area contributed by atoms with E-state index in [0.29, 0.717) is 43.6 Å². The van der Waals surface area contributed by atoms with Gasteiger partial charge in [-0.25, -0.2) is 8.42 Å². The van der Waals surface area contributed by atoms with Gasteiger partial charge in [-0.3, -0.25) is 4.79 Å². The molecule has 2 heterocycles. The number of benzene rings is 2. The molecular formula is C27H32N2O5S. The molecule has 2 aliphatic heterocycles. The number of fused-ring (bicyclic) bond motifs is 1. The van der Waals surface area contributed by atoms with E-state index in [1.54, 1.807) is 12.1 Å². The molecule has 3 fully saturated rings. The summed E-state index contributed by atoms with van der Waals surface area (Å²) in [6.07, 6.45) is 2.43. The standard InChI is InChI=1S/C27H32N2O5S/c1-18(19-7-5-4-6-8-19)28-24(30)27-16-20-11-12-26(27,3)25(20,2)17-29(27)35(31,32)21-9-10-22-23(15-21)34-14-13-33-22/h4-10,15,18,20H,11-14,16-17H2,1-3H3,(H,28,30). The molecule has 2 aromatic carbocycles. The highest BCUT2D eigenvalue weighted by Crippen LogP contribution is 2.76. The number of amides is 1. The molecule has 4 bridgehead atoms. The average Bonchev–Trinajstić information content (AvgIpc) is 3.33. The molecule has 186 valence electrons. The van der Waals surface area contributed by atoms with Crippen LogP contribution in [-0.4, -0.2) is 43.9 Å². The topological polar surface area (TPSA) is 84.9 Å². The van der Waals surface area contributed by atoms with Gasteiger partial charge < -0.3 is 14.8 Å². The monoisotopic (exact) mass is 496 g/mol. The van der Waals surface area contributed by atoms with Crippen molar-refractivity contribution in [3.05, 3.63) is 54.1 Å². The van der Waals surface area contributed by atoms with Gasteiger partial charge in [0.25, 0.3) is 0 Å². The number of rotatable bonds is 5. The van der Waals surface area contributed by atoms with Gasteiger partial charge in [0.2, 0.25) is 15.9 Å². The first kappa shape index (κ1) is 22.9. The van der Waals surface area contributed by atoms with E-state index in [0.717, 1.165) is 18.4 Å². The van der Waals surface area contributed by atoms with Crippen molar-refractivity contribution in [3.63, 3.8) is 0 Å². The Balaban J connectivity index is 1.41. The van der Waals surface area contributed by atoms with Crippen LogP contribution < -0.4 is 14.8 Å². The molecule has 0 aromatic heterocycles. The Kier molecular flexibility index (Phi) is 4.87. The number of sulfonamides is 1. The number of hydrogen-bond donors (Lipinski definition) is 1. The third-order valence-electron chi connectivity index (χ3n) is 9.63. The number of hydrogen-bond acceptors (Lipinski definition) is 5. The normalized spacial score (nSPS) is 34.1. The lowest BCUT2D eigenvalue weighted by Gasteiger charge is -2.46. The van der Waals surface area contributed by atoms with Crippen molar-refractivity contribution in [2.45, 2.75) is 56.5 Å². The molecule has 2 saturated carbocycles. The fraction of sp³-hybridized carbons (Fsp3) is 0.519. The highest BCUT2D eigenvalue weighted by Gasteiger charge is 2.81. The Hall–Kier alpha value is -2.58. The first-order valence-corrected chi connectivity index (χ1v) is 13.9. The van der Waals surface area contributed by atoms with Crippen molar-refractivity contribution in [2.24, 2.45) is 16.7 Å². The number of ether oxygens (including phenoxy) is 2. The van der Waals surface area contributed by atoms with E-state index in [9.17, 15) is 13.2 Å². The van der Waals surface area contributed by atoms with Crippen molar-refractivity contribution in [3.8, 4) is 11.5 Å². The van der Waals surface area contributed by atoms with Crippen LogP contribution in [0.25, 0.3) is 0 Å². The average molecular weight is 497 g/mol. The molecule has 1 N–H and O–H groups in total. The van der Waals surface area contributed by atoms with Gasteiger partial charge in [0.1, 0.15) is 18.8 Å². The molecule has 7 nitrogen and oxygen atoms in total. The van der Waals surface area contributed by atoms with Gasteiger partial charge in [-0.15, -0.1) is 0 Å². The molecule has 1 amide bonds. The van der Waals surface area contributed by atoms with Crippen LogP contribution in [0.3, 0.4) is 0 Å². The van der Waals surface area contributed by atoms with Crippen LogP contribution in [0.5, 0.6) is 11.5 Å². The molecule has 4 aliphatic rings. The van der Waals surface area contributed by atoms with E-state index < -0.39 is 21.0 Å². The summed E-state index contributed by atoms with van der Waals surface area (Å²) in [4.78, 5) is 14.3. The maximum Gasteiger partial charge on any atom is 0.244 e. The maximum absolute atomic E-state index is 14.2. The van der Waals surface area contributed by atoms with E-state index in [1.807, 2.05) is 37.3 Å². The van der Waals surface area contributed by atoms with Crippen LogP contribution >= 0.6 is 0 Å². The summed E-state index contributed by atoms with van der Waals surface area (Å²) in [5.74, 6) is 1.11. The lowest BCUT2D eigenvalue weighted by atomic mass is 9.65. The molecule has 5 atom stereocenters. The van der Waals surface area contributed by atoms with Crippen molar-refractivity contribution in [2.75, 3.05) is 19.8 Å². The zero-order valence-electron chi connectivity index (χ0n) is 20.4. The quantitative estimate of drug-likeness (QED) is 0.679. The Morgan fingerprint density at radius 3 is 2.51 bits per heavy atom. The predicted molar refractivity (Wildman–Crippen MR) is 131 cm³/mol. The minimum atomic E-state index is -3.97. The second-order valence-corrected chi connectivity index (χ2v) is 12.8. The van der Waals surface area contributed by atoms with Crippen LogP contribution in [0.1, 0.15) is 51.6 Å². The molecular weight excluding hydrogens is 464 g/mol. The summed E-state index contributed by atoms with van der Waals surface area (Å²) < 4.78 is 41.1. The molecule has 1 saturated heterocycles. The molecule has 35 heavy (non-hydrogen) atoms. The molecule has 5 unspecified atom stereocenters. The zero-order chi connectivity index (χ0) is 24.6. The lowest BCUT2D eigenvalue weighted by Crippen LogP contribution is -2.64. The second-order valence-electron chi connectivity index (χ2n) is 11.0. The third-order valence-corrected chi connectivity index (χ3v) is 11.5. The van der Waals surface area contributed by atoms with Gasteiger partial charge in [0, 0.05) is 18.0 Å². The van der Waals surface area contributed by atoms with Crippen molar-refractivity contribution in [1.82, 2.24) is 9.62 Å². The SMILES string of the molecule is CC(NC(=O)C12CC3CCC1(C)C3(C)CN2S(=O)(=O)c1ccc2c(c1)OCCO2)c1ccccc1. The number of piperidine rings is 1. The number of carbonyl (C=O) groups is 1. The van der Waals surface area contributed by atoms with Gasteiger partial charge in [-0.05, 0) is 55.2 Å². The van der Waals surface area contributed by atoms with Crippen molar-refractivity contribution < 1.29 is 22.7 Å². The van der Waals surface area contributed by atoms with E-state index in [2.05, 4.69) is 19.2 Å². The summed E-state index contributed by atoms with van der Waals surface area (Å²) in [5, 5.41) is 3.20. The minimum absolute atomic E-state index is 0.139. The lowest BCUT2D eigenvalue weighted by molar-refractivity contribution is -0.136. The van der Waals surface area contributed by atoms with E-state index >= 15 is 0 Å². The van der Waals surface area contributed by atoms with Gasteiger partial charge in [-0.1, -0.05) is 44.2 Å². The van der Waals surface area contributed by atoms with Gasteiger partial charge in [-0.2, -0.15) is 4.31 Å². The number of nitrogens with one attached hydrogen (secondary N) is 1. The highest BCUT2D eigenvalue weighted by atomic mass is 32.2. The molecule has 2 aromatic rings. The van der Waals surface area contributed by atoms with Gasteiger partial charge in [0.05, 0.1) is 10.9 Å². The first-order chi connectivity index (χ1) is 16.6. The van der Waals surface area contributed by atoms with Crippen LogP contribution in [0.2, 0.25) is 0 Å². The molecule has 8 heteroatoms. The molecule has 0 radical (unpaired) electrons. The second kappa shape index (κ2) is 7.46. The Morgan fingerprint density at radius 2 is 1.80 bits per heavy atom. The van der Waals surface area contributed by atoms with Crippen LogP contribution in [0.4, 0.5) is 0 Å². The van der Waals surface area contributed by atoms with Crippen molar-refractivity contribution >= 4 is 15.9 Å². The zero-order valence-corrected chi connectivity index (χ0v) is 21.2. The molecule has 0 spiro atoms. The fourth-order valence-electron chi connectivity index (χ4n) is 7.42. The van der Waals surface area contributed by atoms with Crippen LogP contribution in [-0.2, 0) is 14.8 Å². The van der Waals surface area contributed by atoms with Crippen LogP contribution in [0, 0.1) is 16.7 Å². The summed E-state index contributed by atoms with van der Waals surface area (Å²) in [6.45, 7) is 7.42. The summed E-state index contributed by atoms with van der Waals surface area (Å²) in [6, 6.07) is 14.3. The molecule has 2 aliphatic carbocycles. The molecule has 6 rings (SSSR count). The number of nitrogens with zero attached hydrogens (tertiary/aromatic N) is 1. The summed E-state index contributed by atoms with van der Waals surface area (Å²) >= 11 is 0. The highest BCUT2D eigenvalue weighted by molar-refractivity contribution is 7.89. The largest absolute Gasteiger partial charge is 0.486 e. The Labute approximate surface area is 206 Å². The third kappa shape index (κ3) is 2.87. The smallest absolute Gasteiger partial charge is 0.244 e. The van der Waals surface area contributed by atoms with E-state index in [-0.39, 0.29) is 22.3 Å². The predicted octanol–water partition coefficient (Wildman–Crippen LogP) is 3.90. The van der Waals surface area contributed by atoms with Gasteiger partial charge in [0.15, 0.2) is 11.5 Å². The van der Waals surface area contributed by atoms with Gasteiger partial charge >= 0.3 is 0 Å². The first-order valence-electron chi connectivity index (χ1n) is 12.4. The van der Waals surface area contributed by atoms with E-state index in [1.165, 1.54) is 10.4 Å². The Morgan fingerprint density at radius 1 is 1.09 bits per heavy atom. The van der Waals surface area contributed by atoms with Crippen LogP contribution in [0.15, 0.2) is 53.4 Å². The minimum Gasteiger partial charge on any atom is -0.486 e. The van der Waals surface area contributed by atoms with E-state index in [4.69, 9.17) is 9.47 Å². The summed E-state index contributed by atoms with van der Waals surface area (Å²) in [5.41, 5.74) is -0.819. The Bertz CT molecular complexity index is 1300. The van der Waals surface area contributed by atoms with Crippen molar-refractivity contribution in [1.29, 1.82) is 0 Å². The maximum atomic E-state index is 14.2.